The average Bonchev–Trinajstić information content (AvgIpc) is 3.17. The lowest BCUT2D eigenvalue weighted by molar-refractivity contribution is -0.294. The molecule has 1 aliphatic heterocycles. The van der Waals surface area contributed by atoms with Crippen molar-refractivity contribution >= 4 is 29.8 Å². The fourth-order valence-corrected chi connectivity index (χ4v) is 5.71. The van der Waals surface area contributed by atoms with Gasteiger partial charge in [-0.25, -0.2) is 4.79 Å². The van der Waals surface area contributed by atoms with Crippen LogP contribution in [0.5, 0.6) is 17.2 Å². The molecule has 1 fully saturated rings. The predicted molar refractivity (Wildman–Crippen MR) is 196 cm³/mol. The number of ether oxygens (including phenoxy) is 9. The molecule has 1 aliphatic rings. The number of benzene rings is 4. The van der Waals surface area contributed by atoms with Gasteiger partial charge in [0, 0.05) is 27.7 Å². The van der Waals surface area contributed by atoms with Gasteiger partial charge in [0.2, 0.25) is 18.1 Å². The minimum absolute atomic E-state index is 0.0870. The molecule has 14 nitrogen and oxygen atoms in total. The zero-order chi connectivity index (χ0) is 40.0. The molecule has 0 aliphatic carbocycles. The van der Waals surface area contributed by atoms with Crippen molar-refractivity contribution in [3.05, 3.63) is 125 Å². The van der Waals surface area contributed by atoms with E-state index in [9.17, 15) is 24.0 Å². The number of esters is 5. The first-order valence-electron chi connectivity index (χ1n) is 17.7. The molecule has 0 amide bonds. The molecule has 56 heavy (non-hydrogen) atoms. The third-order valence-electron chi connectivity index (χ3n) is 8.13. The highest BCUT2D eigenvalue weighted by molar-refractivity contribution is 5.91. The second kappa shape index (κ2) is 19.8. The maximum atomic E-state index is 14.2. The van der Waals surface area contributed by atoms with Crippen LogP contribution >= 0.6 is 0 Å². The number of rotatable bonds is 16. The van der Waals surface area contributed by atoms with E-state index in [-0.39, 0.29) is 42.6 Å². The Bertz CT molecular complexity index is 1890. The molecule has 4 aromatic carbocycles. The quantitative estimate of drug-likeness (QED) is 0.101. The lowest BCUT2D eigenvalue weighted by Gasteiger charge is -2.43. The summed E-state index contributed by atoms with van der Waals surface area (Å²) in [7, 11) is 0. The third-order valence-corrected chi connectivity index (χ3v) is 8.13. The molecule has 0 N–H and O–H groups in total. The summed E-state index contributed by atoms with van der Waals surface area (Å²) >= 11 is 0. The molecule has 0 spiro atoms. The van der Waals surface area contributed by atoms with Crippen molar-refractivity contribution in [3.8, 4) is 17.2 Å². The standard InChI is InChI=1S/C42H42O14/c1-26(43)48-25-36-38(52-27(2)44)39(53-28(3)45)40(54-29(4)46)42(55-36)56-41(47)33-20-34(49-22-30-14-8-5-9-15-30)37(51-24-32-18-12-7-13-19-32)35(21-33)50-23-31-16-10-6-11-17-31/h5-21,36,38-40,42H,22-25H2,1-4H3/t36-,38-,39+,40-,42+/m1/s1. The van der Waals surface area contributed by atoms with Gasteiger partial charge in [-0.05, 0) is 28.8 Å². The maximum absolute atomic E-state index is 14.2. The zero-order valence-electron chi connectivity index (χ0n) is 31.2. The van der Waals surface area contributed by atoms with Crippen molar-refractivity contribution in [1.82, 2.24) is 0 Å². The Kier molecular flexibility index (Phi) is 14.4. The SMILES string of the molecule is CC(=O)OC[C@H]1O[C@@H](OC(=O)c2cc(OCc3ccccc3)c(OCc3ccccc3)c(OCc3ccccc3)c2)[C@H](OC(C)=O)[C@@H](OC(C)=O)[C@@H]1OC(C)=O. The van der Waals surface area contributed by atoms with E-state index < -0.39 is 67.2 Å². The van der Waals surface area contributed by atoms with E-state index in [1.807, 2.05) is 91.0 Å². The smallest absolute Gasteiger partial charge is 0.340 e. The van der Waals surface area contributed by atoms with E-state index in [2.05, 4.69) is 0 Å². The average molecular weight is 771 g/mol. The number of carbonyl (C=O) groups excluding carboxylic acids is 5. The Morgan fingerprint density at radius 3 is 1.39 bits per heavy atom. The molecule has 5 atom stereocenters. The van der Waals surface area contributed by atoms with Gasteiger partial charge in [-0.2, -0.15) is 0 Å². The Labute approximate surface area is 323 Å². The van der Waals surface area contributed by atoms with Gasteiger partial charge < -0.3 is 42.6 Å². The van der Waals surface area contributed by atoms with Gasteiger partial charge in [0.1, 0.15) is 32.5 Å². The van der Waals surface area contributed by atoms with Crippen molar-refractivity contribution in [2.24, 2.45) is 0 Å². The summed E-state index contributed by atoms with van der Waals surface area (Å²) in [6, 6.07) is 31.0. The van der Waals surface area contributed by atoms with Gasteiger partial charge in [0.15, 0.2) is 23.7 Å². The van der Waals surface area contributed by atoms with Crippen molar-refractivity contribution in [3.63, 3.8) is 0 Å². The van der Waals surface area contributed by atoms with Crippen LogP contribution in [0, 0.1) is 0 Å². The number of hydrogen-bond acceptors (Lipinski definition) is 14. The second-order valence-corrected chi connectivity index (χ2v) is 12.6. The van der Waals surface area contributed by atoms with Gasteiger partial charge in [-0.1, -0.05) is 91.0 Å². The lowest BCUT2D eigenvalue weighted by Crippen LogP contribution is -2.63. The fraction of sp³-hybridized carbons (Fsp3) is 0.310. The van der Waals surface area contributed by atoms with E-state index in [1.54, 1.807) is 0 Å². The van der Waals surface area contributed by atoms with Gasteiger partial charge >= 0.3 is 29.8 Å². The Morgan fingerprint density at radius 1 is 0.518 bits per heavy atom. The van der Waals surface area contributed by atoms with Crippen LogP contribution in [-0.4, -0.2) is 67.2 Å². The first-order chi connectivity index (χ1) is 27.0. The Morgan fingerprint density at radius 2 is 0.946 bits per heavy atom. The first kappa shape index (κ1) is 40.8. The lowest BCUT2D eigenvalue weighted by atomic mass is 9.98. The van der Waals surface area contributed by atoms with Crippen LogP contribution < -0.4 is 14.2 Å². The summed E-state index contributed by atoms with van der Waals surface area (Å²) in [6.45, 7) is 4.24. The molecule has 1 heterocycles. The van der Waals surface area contributed by atoms with E-state index in [0.29, 0.717) is 0 Å². The molecule has 294 valence electrons. The van der Waals surface area contributed by atoms with E-state index in [1.165, 1.54) is 12.1 Å². The highest BCUT2D eigenvalue weighted by Gasteiger charge is 2.54. The molecular formula is C42H42O14. The summed E-state index contributed by atoms with van der Waals surface area (Å²) in [5, 5.41) is 0. The highest BCUT2D eigenvalue weighted by atomic mass is 16.7. The fourth-order valence-electron chi connectivity index (χ4n) is 5.71. The largest absolute Gasteiger partial charge is 0.485 e. The van der Waals surface area contributed by atoms with E-state index >= 15 is 0 Å². The van der Waals surface area contributed by atoms with Crippen LogP contribution in [-0.2, 0) is 67.4 Å². The molecule has 0 aromatic heterocycles. The molecule has 5 rings (SSSR count). The molecule has 4 aromatic rings. The molecule has 1 saturated heterocycles. The number of hydrogen-bond donors (Lipinski definition) is 0. The maximum Gasteiger partial charge on any atom is 0.340 e. The van der Waals surface area contributed by atoms with Crippen molar-refractivity contribution in [2.45, 2.75) is 78.2 Å². The first-order valence-corrected chi connectivity index (χ1v) is 17.7. The van der Waals surface area contributed by atoms with Crippen LogP contribution in [0.25, 0.3) is 0 Å². The van der Waals surface area contributed by atoms with Gasteiger partial charge in [-0.15, -0.1) is 0 Å². The van der Waals surface area contributed by atoms with E-state index in [0.717, 1.165) is 44.4 Å². The van der Waals surface area contributed by atoms with Crippen LogP contribution in [0.2, 0.25) is 0 Å². The van der Waals surface area contributed by atoms with Gasteiger partial charge in [-0.3, -0.25) is 19.2 Å². The summed E-state index contributed by atoms with van der Waals surface area (Å²) < 4.78 is 52.2. The van der Waals surface area contributed by atoms with Crippen LogP contribution in [0.3, 0.4) is 0 Å². The summed E-state index contributed by atoms with van der Waals surface area (Å²) in [4.78, 5) is 62.8. The minimum Gasteiger partial charge on any atom is -0.485 e. The van der Waals surface area contributed by atoms with Crippen molar-refractivity contribution in [1.29, 1.82) is 0 Å². The highest BCUT2D eigenvalue weighted by Crippen LogP contribution is 2.41. The monoisotopic (exact) mass is 770 g/mol. The second-order valence-electron chi connectivity index (χ2n) is 12.6. The summed E-state index contributed by atoms with van der Waals surface area (Å²) in [6.07, 6.45) is -7.71. The topological polar surface area (TPSA) is 168 Å². The van der Waals surface area contributed by atoms with Gasteiger partial charge in [0.25, 0.3) is 0 Å². The zero-order valence-corrected chi connectivity index (χ0v) is 31.2. The molecule has 0 saturated carbocycles. The predicted octanol–water partition coefficient (Wildman–Crippen LogP) is 5.66. The van der Waals surface area contributed by atoms with Crippen LogP contribution in [0.15, 0.2) is 103 Å². The summed E-state index contributed by atoms with van der Waals surface area (Å²) in [5.74, 6) is -3.71. The third kappa shape index (κ3) is 11.8. The molecule has 14 heteroatoms. The van der Waals surface area contributed by atoms with Crippen molar-refractivity contribution < 1.29 is 66.6 Å². The Hall–Kier alpha value is -6.41. The molecular weight excluding hydrogens is 728 g/mol. The van der Waals surface area contributed by atoms with E-state index in [4.69, 9.17) is 42.6 Å². The van der Waals surface area contributed by atoms with Gasteiger partial charge in [0.05, 0.1) is 5.56 Å². The molecule has 0 bridgehead atoms. The molecule has 0 radical (unpaired) electrons. The normalized spacial score (nSPS) is 18.8. The van der Waals surface area contributed by atoms with Crippen LogP contribution in [0.1, 0.15) is 54.7 Å². The number of carbonyl (C=O) groups is 5. The van der Waals surface area contributed by atoms with Crippen molar-refractivity contribution in [2.75, 3.05) is 6.61 Å². The Balaban J connectivity index is 1.54. The summed E-state index contributed by atoms with van der Waals surface area (Å²) in [5.41, 5.74) is 2.44. The minimum atomic E-state index is -1.76. The van der Waals surface area contributed by atoms with Crippen LogP contribution in [0.4, 0.5) is 0 Å². The molecule has 0 unspecified atom stereocenters.